The number of benzene rings is 1. The highest BCUT2D eigenvalue weighted by molar-refractivity contribution is 5.84. The number of carbonyl (C=O) groups is 4. The molecule has 0 saturated carbocycles. The van der Waals surface area contributed by atoms with Crippen LogP contribution in [0.1, 0.15) is 37.2 Å². The van der Waals surface area contributed by atoms with Gasteiger partial charge in [0, 0.05) is 63.4 Å². The van der Waals surface area contributed by atoms with Crippen LogP contribution in [0.25, 0.3) is 0 Å². The molecule has 0 spiro atoms. The Balaban J connectivity index is 1.35. The van der Waals surface area contributed by atoms with Crippen molar-refractivity contribution < 1.29 is 28.7 Å². The lowest BCUT2D eigenvalue weighted by Gasteiger charge is -2.35. The van der Waals surface area contributed by atoms with Crippen molar-refractivity contribution in [3.8, 4) is 0 Å². The van der Waals surface area contributed by atoms with E-state index in [1.807, 2.05) is 0 Å². The van der Waals surface area contributed by atoms with E-state index < -0.39 is 6.09 Å². The highest BCUT2D eigenvalue weighted by atomic mass is 19.1. The molecule has 184 valence electrons. The molecule has 3 aliphatic heterocycles. The van der Waals surface area contributed by atoms with E-state index in [-0.39, 0.29) is 53.8 Å². The molecule has 1 aromatic rings. The first-order chi connectivity index (χ1) is 16.3. The van der Waals surface area contributed by atoms with Crippen molar-refractivity contribution in [2.45, 2.75) is 31.6 Å². The molecule has 3 N–H and O–H groups in total. The Kier molecular flexibility index (Phi) is 7.33. The predicted molar refractivity (Wildman–Crippen MR) is 120 cm³/mol. The van der Waals surface area contributed by atoms with Crippen molar-refractivity contribution in [1.29, 1.82) is 0 Å². The molecule has 1 aromatic carbocycles. The molecule has 9 nitrogen and oxygen atoms in total. The van der Waals surface area contributed by atoms with Crippen LogP contribution >= 0.6 is 0 Å². The minimum atomic E-state index is -1.11. The predicted octanol–water partition coefficient (Wildman–Crippen LogP) is 1.40. The second kappa shape index (κ2) is 10.4. The van der Waals surface area contributed by atoms with Crippen LogP contribution in [-0.2, 0) is 14.4 Å². The highest BCUT2D eigenvalue weighted by Gasteiger charge is 2.40. The number of nitrogens with zero attached hydrogens (tertiary/aromatic N) is 2. The smallest absolute Gasteiger partial charge is 0.404 e. The van der Waals surface area contributed by atoms with E-state index >= 15 is 0 Å². The molecular weight excluding hydrogens is 443 g/mol. The van der Waals surface area contributed by atoms with Crippen molar-refractivity contribution in [2.75, 3.05) is 39.3 Å². The van der Waals surface area contributed by atoms with Crippen LogP contribution in [0.15, 0.2) is 24.3 Å². The lowest BCUT2D eigenvalue weighted by Crippen LogP contribution is -2.49. The Morgan fingerprint density at radius 1 is 1.00 bits per heavy atom. The van der Waals surface area contributed by atoms with Crippen molar-refractivity contribution in [2.24, 2.45) is 17.8 Å². The van der Waals surface area contributed by atoms with Gasteiger partial charge in [-0.25, -0.2) is 9.18 Å². The Bertz CT molecular complexity index is 922. The van der Waals surface area contributed by atoms with Crippen LogP contribution in [0.5, 0.6) is 0 Å². The first-order valence-electron chi connectivity index (χ1n) is 11.9. The lowest BCUT2D eigenvalue weighted by molar-refractivity contribution is -0.143. The van der Waals surface area contributed by atoms with Gasteiger partial charge in [-0.05, 0) is 37.0 Å². The van der Waals surface area contributed by atoms with E-state index in [2.05, 4.69) is 10.6 Å². The zero-order chi connectivity index (χ0) is 24.2. The van der Waals surface area contributed by atoms with Gasteiger partial charge < -0.3 is 25.5 Å². The number of likely N-dealkylation sites (tertiary alicyclic amines) is 2. The lowest BCUT2D eigenvalue weighted by atomic mass is 9.89. The van der Waals surface area contributed by atoms with Gasteiger partial charge in [0.25, 0.3) is 0 Å². The van der Waals surface area contributed by atoms with Crippen molar-refractivity contribution in [1.82, 2.24) is 20.4 Å². The Hall–Kier alpha value is -3.17. The fraction of sp³-hybridized carbons (Fsp3) is 0.583. The van der Waals surface area contributed by atoms with Crippen molar-refractivity contribution in [3.63, 3.8) is 0 Å². The van der Waals surface area contributed by atoms with Gasteiger partial charge in [-0.3, -0.25) is 14.4 Å². The van der Waals surface area contributed by atoms with Crippen molar-refractivity contribution >= 4 is 23.8 Å². The third-order valence-electron chi connectivity index (χ3n) is 7.34. The zero-order valence-electron chi connectivity index (χ0n) is 19.0. The van der Waals surface area contributed by atoms with Gasteiger partial charge in [-0.1, -0.05) is 12.1 Å². The minimum Gasteiger partial charge on any atom is -0.465 e. The van der Waals surface area contributed by atoms with Crippen LogP contribution < -0.4 is 10.6 Å². The molecule has 3 aliphatic rings. The summed E-state index contributed by atoms with van der Waals surface area (Å²) in [5, 5.41) is 14.2. The molecule has 1 unspecified atom stereocenters. The molecule has 0 aliphatic carbocycles. The molecule has 10 heteroatoms. The maximum Gasteiger partial charge on any atom is 0.404 e. The minimum absolute atomic E-state index is 0.0187. The number of carboxylic acid groups (broad SMARTS) is 1. The van der Waals surface area contributed by atoms with Gasteiger partial charge in [-0.15, -0.1) is 0 Å². The summed E-state index contributed by atoms with van der Waals surface area (Å²) in [4.78, 5) is 52.1. The summed E-state index contributed by atoms with van der Waals surface area (Å²) in [6.45, 7) is 2.50. The maximum absolute atomic E-state index is 13.4. The number of piperidine rings is 2. The third-order valence-corrected chi connectivity index (χ3v) is 7.34. The first-order valence-corrected chi connectivity index (χ1v) is 11.9. The van der Waals surface area contributed by atoms with Gasteiger partial charge in [0.2, 0.25) is 17.7 Å². The highest BCUT2D eigenvalue weighted by Crippen LogP contribution is 2.34. The quantitative estimate of drug-likeness (QED) is 0.596. The normalized spacial score (nSPS) is 25.7. The van der Waals surface area contributed by atoms with Crippen LogP contribution in [-0.4, -0.2) is 78.0 Å². The SMILES string of the molecule is O=C(O)NC[C@H]1CN(C(=O)C2CCN(C(=O)C3CCC(=O)NC3)CC2)C[C@H]1c1ccc(F)cc1. The number of rotatable bonds is 5. The average Bonchev–Trinajstić information content (AvgIpc) is 3.27. The monoisotopic (exact) mass is 474 g/mol. The summed E-state index contributed by atoms with van der Waals surface area (Å²) in [7, 11) is 0. The summed E-state index contributed by atoms with van der Waals surface area (Å²) in [5.74, 6) is -0.849. The summed E-state index contributed by atoms with van der Waals surface area (Å²) in [6, 6.07) is 6.15. The summed E-state index contributed by atoms with van der Waals surface area (Å²) in [6.07, 6.45) is 0.984. The van der Waals surface area contributed by atoms with E-state index in [4.69, 9.17) is 5.11 Å². The molecule has 4 amide bonds. The number of hydrogen-bond acceptors (Lipinski definition) is 4. The molecule has 3 atom stereocenters. The first kappa shape index (κ1) is 24.0. The van der Waals surface area contributed by atoms with E-state index in [1.54, 1.807) is 21.9 Å². The number of nitrogens with one attached hydrogen (secondary N) is 2. The largest absolute Gasteiger partial charge is 0.465 e. The molecule has 3 saturated heterocycles. The standard InChI is InChI=1S/C24H31FN4O5/c25-19-4-1-15(2-5-19)20-14-29(13-18(20)12-27-24(33)34)22(31)16-7-9-28(10-8-16)23(32)17-3-6-21(30)26-11-17/h1-2,4-5,16-18,20,27H,3,6-14H2,(H,26,30)(H,33,34)/t17?,18-,20-/m0/s1. The Labute approximate surface area is 197 Å². The maximum atomic E-state index is 13.4. The molecular formula is C24H31FN4O5. The second-order valence-electron chi connectivity index (χ2n) is 9.49. The topological polar surface area (TPSA) is 119 Å². The van der Waals surface area contributed by atoms with E-state index in [0.717, 1.165) is 5.56 Å². The summed E-state index contributed by atoms with van der Waals surface area (Å²) >= 11 is 0. The number of hydrogen-bond donors (Lipinski definition) is 3. The van der Waals surface area contributed by atoms with Crippen molar-refractivity contribution in [3.05, 3.63) is 35.6 Å². The van der Waals surface area contributed by atoms with Gasteiger partial charge in [-0.2, -0.15) is 0 Å². The fourth-order valence-corrected chi connectivity index (χ4v) is 5.37. The average molecular weight is 475 g/mol. The van der Waals surface area contributed by atoms with Gasteiger partial charge in [0.15, 0.2) is 0 Å². The van der Waals surface area contributed by atoms with Crippen LogP contribution in [0.3, 0.4) is 0 Å². The number of amides is 4. The van der Waals surface area contributed by atoms with Gasteiger partial charge >= 0.3 is 6.09 Å². The molecule has 4 rings (SSSR count). The number of carbonyl (C=O) groups excluding carboxylic acids is 3. The van der Waals surface area contributed by atoms with Crippen LogP contribution in [0, 0.1) is 23.6 Å². The third kappa shape index (κ3) is 5.48. The summed E-state index contributed by atoms with van der Waals surface area (Å²) in [5.41, 5.74) is 0.883. The molecule has 3 heterocycles. The Morgan fingerprint density at radius 3 is 2.29 bits per heavy atom. The molecule has 0 aromatic heterocycles. The fourth-order valence-electron chi connectivity index (χ4n) is 5.37. The van der Waals surface area contributed by atoms with Crippen LogP contribution in [0.4, 0.5) is 9.18 Å². The zero-order valence-corrected chi connectivity index (χ0v) is 19.0. The van der Waals surface area contributed by atoms with Gasteiger partial charge in [0.05, 0.1) is 5.92 Å². The second-order valence-corrected chi connectivity index (χ2v) is 9.49. The summed E-state index contributed by atoms with van der Waals surface area (Å²) < 4.78 is 13.4. The van der Waals surface area contributed by atoms with Crippen LogP contribution in [0.2, 0.25) is 0 Å². The van der Waals surface area contributed by atoms with E-state index in [9.17, 15) is 23.6 Å². The number of halogens is 1. The van der Waals surface area contributed by atoms with Gasteiger partial charge in [0.1, 0.15) is 5.82 Å². The van der Waals surface area contributed by atoms with E-state index in [0.29, 0.717) is 58.4 Å². The van der Waals surface area contributed by atoms with E-state index in [1.165, 1.54) is 12.1 Å². The molecule has 0 bridgehead atoms. The molecule has 0 radical (unpaired) electrons. The molecule has 34 heavy (non-hydrogen) atoms. The molecule has 3 fully saturated rings. The Morgan fingerprint density at radius 2 is 1.68 bits per heavy atom.